The third kappa shape index (κ3) is 5.22. The molecule has 0 unspecified atom stereocenters. The van der Waals surface area contributed by atoms with E-state index in [1.54, 1.807) is 6.07 Å². The molecule has 0 N–H and O–H groups in total. The van der Waals surface area contributed by atoms with Crippen LogP contribution >= 0.6 is 0 Å². The molecule has 262 valence electrons. The molecule has 0 aliphatic heterocycles. The van der Waals surface area contributed by atoms with Gasteiger partial charge in [0, 0.05) is 16.9 Å². The number of hydrogen-bond donors (Lipinski definition) is 0. The van der Waals surface area contributed by atoms with Crippen molar-refractivity contribution in [3.05, 3.63) is 212 Å². The van der Waals surface area contributed by atoms with E-state index in [1.807, 2.05) is 66.7 Å². The highest BCUT2D eigenvalue weighted by molar-refractivity contribution is 6.25. The Hall–Kier alpha value is -7.29. The van der Waals surface area contributed by atoms with Crippen molar-refractivity contribution >= 4 is 70.9 Å². The zero-order chi connectivity index (χ0) is 37.2. The number of anilines is 3. The molecule has 11 aromatic carbocycles. The molecule has 56 heavy (non-hydrogen) atoms. The number of halogens is 1. The second-order valence-electron chi connectivity index (χ2n) is 14.6. The molecule has 1 nitrogen and oxygen atoms in total. The summed E-state index contributed by atoms with van der Waals surface area (Å²) in [6, 6.07) is 72.0. The van der Waals surface area contributed by atoms with Crippen molar-refractivity contribution in [1.29, 1.82) is 0 Å². The molecule has 0 amide bonds. The summed E-state index contributed by atoms with van der Waals surface area (Å²) in [5.41, 5.74) is 8.33. The standard InChI is InChI=1S/C54H34FN/c55-51-34-42(35-14-4-1-5-15-35)33-50(36-16-6-2-7-17-36)54(51)56(44-19-8-3-9-20-44)45-30-40-26-24-38-28-43(29-39-25-27-41(31-45)53(40)52(38)39)49-32-37-18-10-11-21-46(37)47-22-12-13-23-48(47)49/h1-34H. The Balaban J connectivity index is 1.12. The molecule has 0 saturated carbocycles. The van der Waals surface area contributed by atoms with Gasteiger partial charge < -0.3 is 4.90 Å². The Bertz CT molecular complexity index is 3180. The van der Waals surface area contributed by atoms with Gasteiger partial charge in [0.1, 0.15) is 5.82 Å². The Kier molecular flexibility index (Phi) is 7.43. The van der Waals surface area contributed by atoms with E-state index in [1.165, 1.54) is 54.2 Å². The molecule has 0 saturated heterocycles. The summed E-state index contributed by atoms with van der Waals surface area (Å²) >= 11 is 0. The number of fused-ring (bicyclic) bond motifs is 3. The van der Waals surface area contributed by atoms with Gasteiger partial charge in [-0.1, -0.05) is 152 Å². The predicted molar refractivity (Wildman–Crippen MR) is 236 cm³/mol. The molecular weight excluding hydrogens is 682 g/mol. The molecule has 0 spiro atoms. The fourth-order valence-electron chi connectivity index (χ4n) is 8.84. The first kappa shape index (κ1) is 32.2. The highest BCUT2D eigenvalue weighted by Gasteiger charge is 2.24. The number of rotatable bonds is 6. The van der Waals surface area contributed by atoms with Crippen molar-refractivity contribution in [2.45, 2.75) is 0 Å². The van der Waals surface area contributed by atoms with Crippen molar-refractivity contribution in [2.24, 2.45) is 0 Å². The molecule has 0 heterocycles. The second kappa shape index (κ2) is 12.9. The molecule has 0 aliphatic rings. The Labute approximate surface area is 324 Å². The van der Waals surface area contributed by atoms with E-state index in [0.29, 0.717) is 5.69 Å². The molecule has 0 atom stereocenters. The van der Waals surface area contributed by atoms with E-state index >= 15 is 4.39 Å². The van der Waals surface area contributed by atoms with Gasteiger partial charge in [-0.05, 0) is 136 Å². The van der Waals surface area contributed by atoms with Gasteiger partial charge in [0.2, 0.25) is 0 Å². The highest BCUT2D eigenvalue weighted by atomic mass is 19.1. The van der Waals surface area contributed by atoms with Crippen LogP contribution in [0, 0.1) is 5.82 Å². The maximum absolute atomic E-state index is 17.1. The monoisotopic (exact) mass is 715 g/mol. The summed E-state index contributed by atoms with van der Waals surface area (Å²) in [4.78, 5) is 2.09. The quantitative estimate of drug-likeness (QED) is 0.155. The largest absolute Gasteiger partial charge is 0.307 e. The van der Waals surface area contributed by atoms with Crippen LogP contribution in [0.15, 0.2) is 206 Å². The molecule has 0 fully saturated rings. The van der Waals surface area contributed by atoms with E-state index in [0.717, 1.165) is 44.4 Å². The molecule has 0 aromatic heterocycles. The fourth-order valence-corrected chi connectivity index (χ4v) is 8.84. The SMILES string of the molecule is Fc1cc(-c2ccccc2)cc(-c2ccccc2)c1N(c1ccccc1)c1cc2ccc3cc(-c4cc5ccccc5c5ccccc45)cc4ccc(c1)c2c34. The van der Waals surface area contributed by atoms with Crippen LogP contribution in [0.3, 0.4) is 0 Å². The molecule has 11 rings (SSSR count). The first-order valence-electron chi connectivity index (χ1n) is 19.1. The average Bonchev–Trinajstić information content (AvgIpc) is 3.26. The summed E-state index contributed by atoms with van der Waals surface area (Å²) in [6.45, 7) is 0. The number of para-hydroxylation sites is 1. The van der Waals surface area contributed by atoms with Gasteiger partial charge in [0.15, 0.2) is 0 Å². The van der Waals surface area contributed by atoms with E-state index < -0.39 is 0 Å². The van der Waals surface area contributed by atoms with Crippen molar-refractivity contribution in [2.75, 3.05) is 4.90 Å². The summed E-state index contributed by atoms with van der Waals surface area (Å²) in [7, 11) is 0. The van der Waals surface area contributed by atoms with E-state index in [4.69, 9.17) is 0 Å². The summed E-state index contributed by atoms with van der Waals surface area (Å²) in [6.07, 6.45) is 0. The highest BCUT2D eigenvalue weighted by Crippen LogP contribution is 2.47. The Morgan fingerprint density at radius 2 is 0.821 bits per heavy atom. The van der Waals surface area contributed by atoms with Crippen LogP contribution in [0.1, 0.15) is 0 Å². The maximum Gasteiger partial charge on any atom is 0.148 e. The first-order valence-corrected chi connectivity index (χ1v) is 19.1. The normalized spacial score (nSPS) is 11.7. The lowest BCUT2D eigenvalue weighted by atomic mass is 9.88. The smallest absolute Gasteiger partial charge is 0.148 e. The average molecular weight is 716 g/mol. The number of benzene rings is 11. The lowest BCUT2D eigenvalue weighted by Gasteiger charge is -2.29. The van der Waals surface area contributed by atoms with Crippen LogP contribution in [0.4, 0.5) is 21.5 Å². The van der Waals surface area contributed by atoms with Gasteiger partial charge in [0.05, 0.1) is 5.69 Å². The minimum Gasteiger partial charge on any atom is -0.307 e. The third-order valence-corrected chi connectivity index (χ3v) is 11.3. The second-order valence-corrected chi connectivity index (χ2v) is 14.6. The Morgan fingerprint density at radius 3 is 1.46 bits per heavy atom. The lowest BCUT2D eigenvalue weighted by molar-refractivity contribution is 0.630. The molecular formula is C54H34FN. The summed E-state index contributed by atoms with van der Waals surface area (Å²) in [5, 5.41) is 12.1. The molecule has 0 radical (unpaired) electrons. The molecule has 0 bridgehead atoms. The minimum absolute atomic E-state index is 0.284. The first-order chi connectivity index (χ1) is 27.7. The lowest BCUT2D eigenvalue weighted by Crippen LogP contribution is -2.13. The number of nitrogens with zero attached hydrogens (tertiary/aromatic N) is 1. The van der Waals surface area contributed by atoms with Crippen LogP contribution in [0.5, 0.6) is 0 Å². The maximum atomic E-state index is 17.1. The summed E-state index contributed by atoms with van der Waals surface area (Å²) < 4.78 is 17.1. The van der Waals surface area contributed by atoms with E-state index in [9.17, 15) is 0 Å². The van der Waals surface area contributed by atoms with Crippen LogP contribution in [-0.4, -0.2) is 0 Å². The zero-order valence-electron chi connectivity index (χ0n) is 30.5. The third-order valence-electron chi connectivity index (χ3n) is 11.3. The topological polar surface area (TPSA) is 3.24 Å². The van der Waals surface area contributed by atoms with Crippen molar-refractivity contribution in [3.63, 3.8) is 0 Å². The van der Waals surface area contributed by atoms with Crippen LogP contribution in [0.2, 0.25) is 0 Å². The van der Waals surface area contributed by atoms with E-state index in [2.05, 4.69) is 138 Å². The number of hydrogen-bond acceptors (Lipinski definition) is 1. The van der Waals surface area contributed by atoms with Gasteiger partial charge in [-0.2, -0.15) is 0 Å². The van der Waals surface area contributed by atoms with Crippen LogP contribution in [0.25, 0.3) is 87.2 Å². The van der Waals surface area contributed by atoms with E-state index in [-0.39, 0.29) is 5.82 Å². The molecule has 0 aliphatic carbocycles. The minimum atomic E-state index is -0.284. The van der Waals surface area contributed by atoms with Gasteiger partial charge >= 0.3 is 0 Å². The van der Waals surface area contributed by atoms with Crippen molar-refractivity contribution in [1.82, 2.24) is 0 Å². The van der Waals surface area contributed by atoms with Gasteiger partial charge in [-0.15, -0.1) is 0 Å². The predicted octanol–water partition coefficient (Wildman–Crippen LogP) is 15.5. The van der Waals surface area contributed by atoms with Crippen LogP contribution < -0.4 is 4.90 Å². The van der Waals surface area contributed by atoms with Gasteiger partial charge in [-0.3, -0.25) is 0 Å². The van der Waals surface area contributed by atoms with Crippen LogP contribution in [-0.2, 0) is 0 Å². The summed E-state index contributed by atoms with van der Waals surface area (Å²) in [5.74, 6) is -0.284. The van der Waals surface area contributed by atoms with Gasteiger partial charge in [-0.25, -0.2) is 4.39 Å². The molecule has 2 heteroatoms. The van der Waals surface area contributed by atoms with Gasteiger partial charge in [0.25, 0.3) is 0 Å². The molecule has 11 aromatic rings. The Morgan fingerprint density at radius 1 is 0.304 bits per heavy atom. The zero-order valence-corrected chi connectivity index (χ0v) is 30.5. The fraction of sp³-hybridized carbons (Fsp3) is 0. The van der Waals surface area contributed by atoms with Crippen molar-refractivity contribution in [3.8, 4) is 33.4 Å². The van der Waals surface area contributed by atoms with Crippen molar-refractivity contribution < 1.29 is 4.39 Å².